The van der Waals surface area contributed by atoms with Crippen molar-refractivity contribution in [1.29, 1.82) is 0 Å². The average molecular weight is 391 g/mol. The van der Waals surface area contributed by atoms with Crippen molar-refractivity contribution < 1.29 is 0 Å². The van der Waals surface area contributed by atoms with Gasteiger partial charge in [0.05, 0.1) is 10.9 Å². The van der Waals surface area contributed by atoms with Gasteiger partial charge >= 0.3 is 0 Å². The summed E-state index contributed by atoms with van der Waals surface area (Å²) in [7, 11) is 0. The third-order valence-corrected chi connectivity index (χ3v) is 5.14. The molecule has 3 aromatic rings. The number of anilines is 1. The van der Waals surface area contributed by atoms with E-state index in [0.717, 1.165) is 21.9 Å². The number of nitrogens with two attached hydrogens (primary N) is 1. The van der Waals surface area contributed by atoms with Gasteiger partial charge in [-0.2, -0.15) is 0 Å². The number of hydrogen-bond donors (Lipinski definition) is 3. The molecule has 0 amide bonds. The molecule has 128 valence electrons. The van der Waals surface area contributed by atoms with Crippen molar-refractivity contribution in [3.8, 4) is 0 Å². The summed E-state index contributed by atoms with van der Waals surface area (Å²) in [6.45, 7) is 0.534. The van der Waals surface area contributed by atoms with E-state index in [0.29, 0.717) is 21.8 Å². The van der Waals surface area contributed by atoms with Crippen LogP contribution < -0.4 is 16.6 Å². The number of aromatic amines is 1. The molecule has 8 heteroatoms. The van der Waals surface area contributed by atoms with E-state index in [9.17, 15) is 4.79 Å². The number of thioether (sulfide) groups is 1. The number of nitrogens with zero attached hydrogens (tertiary/aromatic N) is 1. The highest BCUT2D eigenvalue weighted by Gasteiger charge is 2.05. The van der Waals surface area contributed by atoms with E-state index in [4.69, 9.17) is 29.6 Å². The number of fused-ring (bicyclic) bond motifs is 1. The molecule has 1 heterocycles. The molecule has 1 aromatic heterocycles. The van der Waals surface area contributed by atoms with Gasteiger partial charge in [-0.3, -0.25) is 9.78 Å². The van der Waals surface area contributed by atoms with Gasteiger partial charge in [-0.1, -0.05) is 53.8 Å². The number of halogens is 1. The van der Waals surface area contributed by atoms with Crippen LogP contribution >= 0.6 is 35.6 Å². The molecule has 0 bridgehead atoms. The van der Waals surface area contributed by atoms with Gasteiger partial charge < -0.3 is 11.1 Å². The fourth-order valence-electron chi connectivity index (χ4n) is 2.27. The van der Waals surface area contributed by atoms with E-state index in [2.05, 4.69) is 15.3 Å². The molecule has 0 unspecified atom stereocenters. The topological polar surface area (TPSA) is 83.8 Å². The quantitative estimate of drug-likeness (QED) is 0.591. The van der Waals surface area contributed by atoms with Crippen LogP contribution in [0.5, 0.6) is 0 Å². The van der Waals surface area contributed by atoms with Crippen molar-refractivity contribution in [3.63, 3.8) is 0 Å². The van der Waals surface area contributed by atoms with Crippen molar-refractivity contribution in [3.05, 3.63) is 69.0 Å². The second-order valence-electron chi connectivity index (χ2n) is 5.36. The first-order chi connectivity index (χ1) is 12.0. The number of nitrogen functional groups attached to an aromatic ring is 1. The second kappa shape index (κ2) is 7.86. The van der Waals surface area contributed by atoms with E-state index in [1.807, 2.05) is 30.3 Å². The molecular formula is C17H15ClN4OS2. The predicted molar refractivity (Wildman–Crippen MR) is 109 cm³/mol. The monoisotopic (exact) mass is 390 g/mol. The first kappa shape index (κ1) is 17.7. The molecule has 5 nitrogen and oxygen atoms in total. The van der Waals surface area contributed by atoms with E-state index in [1.54, 1.807) is 23.9 Å². The van der Waals surface area contributed by atoms with Crippen LogP contribution in [0.1, 0.15) is 11.1 Å². The Kier molecular flexibility index (Phi) is 5.57. The summed E-state index contributed by atoms with van der Waals surface area (Å²) in [5, 5.41) is 4.41. The minimum absolute atomic E-state index is 0.114. The normalized spacial score (nSPS) is 10.8. The van der Waals surface area contributed by atoms with Gasteiger partial charge in [0.1, 0.15) is 4.32 Å². The number of thiocarbonyl (C=S) groups is 1. The highest BCUT2D eigenvalue weighted by atomic mass is 35.5. The van der Waals surface area contributed by atoms with Gasteiger partial charge in [0, 0.05) is 17.3 Å². The zero-order valence-electron chi connectivity index (χ0n) is 13.1. The summed E-state index contributed by atoms with van der Waals surface area (Å²) < 4.78 is 0.694. The molecule has 0 spiro atoms. The number of hydrogen-bond acceptors (Lipinski definition) is 5. The Morgan fingerprint density at radius 2 is 1.96 bits per heavy atom. The van der Waals surface area contributed by atoms with Crippen LogP contribution in [-0.4, -0.2) is 14.3 Å². The Labute approximate surface area is 159 Å². The highest BCUT2D eigenvalue weighted by molar-refractivity contribution is 8.22. The van der Waals surface area contributed by atoms with Crippen LogP contribution in [-0.2, 0) is 12.3 Å². The molecule has 0 aliphatic carbocycles. The SMILES string of the molecule is Nc1nc2ccc(CNC(=S)SCc3ccc(Cl)cc3)cc2c(=O)[nH]1. The molecule has 0 aliphatic rings. The molecule has 25 heavy (non-hydrogen) atoms. The lowest BCUT2D eigenvalue weighted by atomic mass is 10.1. The first-order valence-corrected chi connectivity index (χ1v) is 9.22. The van der Waals surface area contributed by atoms with Crippen molar-refractivity contribution >= 4 is 56.8 Å². The largest absolute Gasteiger partial charge is 0.369 e. The highest BCUT2D eigenvalue weighted by Crippen LogP contribution is 2.17. The molecule has 0 saturated carbocycles. The summed E-state index contributed by atoms with van der Waals surface area (Å²) in [4.78, 5) is 18.5. The Morgan fingerprint density at radius 3 is 2.72 bits per heavy atom. The first-order valence-electron chi connectivity index (χ1n) is 7.45. The molecule has 0 atom stereocenters. The van der Waals surface area contributed by atoms with Gasteiger partial charge in [0.2, 0.25) is 5.95 Å². The smallest absolute Gasteiger partial charge is 0.260 e. The molecule has 0 saturated heterocycles. The van der Waals surface area contributed by atoms with E-state index in [-0.39, 0.29) is 11.5 Å². The lowest BCUT2D eigenvalue weighted by Gasteiger charge is -2.08. The molecule has 0 radical (unpaired) electrons. The van der Waals surface area contributed by atoms with Crippen molar-refractivity contribution in [2.75, 3.05) is 5.73 Å². The zero-order valence-corrected chi connectivity index (χ0v) is 15.5. The van der Waals surface area contributed by atoms with Gasteiger partial charge in [-0.05, 0) is 35.4 Å². The summed E-state index contributed by atoms with van der Waals surface area (Å²) in [5.74, 6) is 0.881. The van der Waals surface area contributed by atoms with E-state index < -0.39 is 0 Å². The maximum atomic E-state index is 11.9. The Bertz CT molecular complexity index is 973. The van der Waals surface area contributed by atoms with Gasteiger partial charge in [-0.15, -0.1) is 0 Å². The van der Waals surface area contributed by atoms with Gasteiger partial charge in [-0.25, -0.2) is 4.98 Å². The standard InChI is InChI=1S/C17H15ClN4OS2/c18-12-4-1-10(2-5-12)9-25-17(24)20-8-11-3-6-14-13(7-11)15(23)22-16(19)21-14/h1-7H,8-9H2,(H,20,24)(H3,19,21,22,23). The van der Waals surface area contributed by atoms with Crippen LogP contribution in [0.15, 0.2) is 47.3 Å². The third kappa shape index (κ3) is 4.72. The molecular weight excluding hydrogens is 376 g/mol. The third-order valence-electron chi connectivity index (χ3n) is 3.51. The molecule has 0 aliphatic heterocycles. The number of benzene rings is 2. The van der Waals surface area contributed by atoms with Crippen molar-refractivity contribution in [2.45, 2.75) is 12.3 Å². The number of nitrogens with one attached hydrogen (secondary N) is 2. The Hall–Kier alpha value is -2.09. The molecule has 0 fully saturated rings. The van der Waals surface area contributed by atoms with Crippen molar-refractivity contribution in [2.24, 2.45) is 0 Å². The average Bonchev–Trinajstić information content (AvgIpc) is 2.59. The Morgan fingerprint density at radius 1 is 1.24 bits per heavy atom. The summed E-state index contributed by atoms with van der Waals surface area (Å²) >= 11 is 12.8. The van der Waals surface area contributed by atoms with Crippen LogP contribution in [0, 0.1) is 0 Å². The number of aromatic nitrogens is 2. The molecule has 4 N–H and O–H groups in total. The van der Waals surface area contributed by atoms with Crippen LogP contribution in [0.25, 0.3) is 10.9 Å². The minimum Gasteiger partial charge on any atom is -0.369 e. The molecule has 2 aromatic carbocycles. The zero-order chi connectivity index (χ0) is 17.8. The number of H-pyrrole nitrogens is 1. The summed E-state index contributed by atoms with van der Waals surface area (Å²) in [6.07, 6.45) is 0. The number of rotatable bonds is 4. The van der Waals surface area contributed by atoms with Gasteiger partial charge in [0.25, 0.3) is 5.56 Å². The summed E-state index contributed by atoms with van der Waals surface area (Å²) in [5.41, 5.74) is 7.97. The van der Waals surface area contributed by atoms with E-state index in [1.165, 1.54) is 0 Å². The maximum absolute atomic E-state index is 11.9. The maximum Gasteiger partial charge on any atom is 0.260 e. The predicted octanol–water partition coefficient (Wildman–Crippen LogP) is 3.47. The lowest BCUT2D eigenvalue weighted by Crippen LogP contribution is -2.18. The minimum atomic E-state index is -0.246. The van der Waals surface area contributed by atoms with Crippen LogP contribution in [0.3, 0.4) is 0 Å². The van der Waals surface area contributed by atoms with Crippen LogP contribution in [0.2, 0.25) is 5.02 Å². The fraction of sp³-hybridized carbons (Fsp3) is 0.118. The molecule has 3 rings (SSSR count). The fourth-order valence-corrected chi connectivity index (χ4v) is 3.31. The second-order valence-corrected chi connectivity index (χ2v) is 7.45. The van der Waals surface area contributed by atoms with Gasteiger partial charge in [0.15, 0.2) is 0 Å². The van der Waals surface area contributed by atoms with Crippen LogP contribution in [0.4, 0.5) is 5.95 Å². The Balaban J connectivity index is 1.59. The van der Waals surface area contributed by atoms with E-state index >= 15 is 0 Å². The van der Waals surface area contributed by atoms with Crippen molar-refractivity contribution in [1.82, 2.24) is 15.3 Å². The summed E-state index contributed by atoms with van der Waals surface area (Å²) in [6, 6.07) is 13.1. The lowest BCUT2D eigenvalue weighted by molar-refractivity contribution is 0.941.